The number of phenolic OH excluding ortho intramolecular Hbond substituents is 2. The minimum Gasteiger partial charge on any atom is -0.507 e. The number of phenols is 2. The minimum absolute atomic E-state index is 0. The fraction of sp³-hybridized carbons (Fsp3) is 0.125. The van der Waals surface area contributed by atoms with Gasteiger partial charge in [-0.15, -0.1) is 0 Å². The first-order valence-electron chi connectivity index (χ1n) is 6.23. The number of esters is 2. The topological polar surface area (TPSA) is 93.1 Å². The van der Waals surface area contributed by atoms with Gasteiger partial charge in [0.15, 0.2) is 0 Å². The van der Waals surface area contributed by atoms with Crippen molar-refractivity contribution in [1.29, 1.82) is 0 Å². The van der Waals surface area contributed by atoms with Crippen LogP contribution in [0.1, 0.15) is 20.7 Å². The van der Waals surface area contributed by atoms with Crippen LogP contribution in [0.3, 0.4) is 0 Å². The van der Waals surface area contributed by atoms with E-state index >= 15 is 0 Å². The van der Waals surface area contributed by atoms with E-state index in [1.807, 2.05) is 0 Å². The second kappa shape index (κ2) is 10.5. The summed E-state index contributed by atoms with van der Waals surface area (Å²) in [4.78, 5) is 21.7. The van der Waals surface area contributed by atoms with Crippen LogP contribution in [0.4, 0.5) is 0 Å². The molecule has 2 rings (SSSR count). The molecular weight excluding hydrogens is 407 g/mol. The maximum atomic E-state index is 10.9. The van der Waals surface area contributed by atoms with Crippen molar-refractivity contribution in [1.82, 2.24) is 0 Å². The van der Waals surface area contributed by atoms with Gasteiger partial charge in [-0.3, -0.25) is 0 Å². The zero-order chi connectivity index (χ0) is 16.5. The van der Waals surface area contributed by atoms with Crippen molar-refractivity contribution in [3.8, 4) is 11.5 Å². The summed E-state index contributed by atoms with van der Waals surface area (Å²) in [6.07, 6.45) is 0. The quantitative estimate of drug-likeness (QED) is 0.567. The van der Waals surface area contributed by atoms with E-state index < -0.39 is 11.9 Å². The smallest absolute Gasteiger partial charge is 0.341 e. The van der Waals surface area contributed by atoms with Gasteiger partial charge in [-0.25, -0.2) is 9.59 Å². The largest absolute Gasteiger partial charge is 0.507 e. The number of carbonyl (C=O) groups is 2. The molecule has 6 nitrogen and oxygen atoms in total. The van der Waals surface area contributed by atoms with Gasteiger partial charge in [0.1, 0.15) is 22.6 Å². The fourth-order valence-electron chi connectivity index (χ4n) is 1.51. The van der Waals surface area contributed by atoms with E-state index in [2.05, 4.69) is 9.47 Å². The maximum absolute atomic E-state index is 10.9. The SMILES string of the molecule is COC(=O)c1ccccc1O.COC(=O)c1ccccc1O.[Sn]. The molecule has 0 heterocycles. The molecule has 0 fully saturated rings. The Balaban J connectivity index is 0.000000403. The molecule has 0 bridgehead atoms. The summed E-state index contributed by atoms with van der Waals surface area (Å²) in [7, 11) is 2.55. The first-order chi connectivity index (χ1) is 10.5. The molecule has 0 unspecified atom stereocenters. The Morgan fingerprint density at radius 2 is 1.04 bits per heavy atom. The second-order valence-electron chi connectivity index (χ2n) is 4.02. The van der Waals surface area contributed by atoms with Gasteiger partial charge in [0.25, 0.3) is 0 Å². The third kappa shape index (κ3) is 6.19. The van der Waals surface area contributed by atoms with E-state index in [1.54, 1.807) is 24.3 Å². The van der Waals surface area contributed by atoms with Crippen LogP contribution in [0.5, 0.6) is 11.5 Å². The zero-order valence-electron chi connectivity index (χ0n) is 12.6. The number of aromatic hydroxyl groups is 2. The number of rotatable bonds is 2. The van der Waals surface area contributed by atoms with Crippen LogP contribution < -0.4 is 0 Å². The minimum atomic E-state index is -0.525. The first kappa shape index (κ1) is 20.8. The number of para-hydroxylation sites is 2. The number of carbonyl (C=O) groups excluding carboxylic acids is 2. The molecule has 2 aromatic carbocycles. The molecule has 0 spiro atoms. The van der Waals surface area contributed by atoms with Crippen molar-refractivity contribution >= 4 is 35.8 Å². The third-order valence-corrected chi connectivity index (χ3v) is 2.62. The second-order valence-corrected chi connectivity index (χ2v) is 4.02. The molecule has 2 N–H and O–H groups in total. The predicted molar refractivity (Wildman–Crippen MR) is 84.6 cm³/mol. The van der Waals surface area contributed by atoms with Crippen LogP contribution in [-0.2, 0) is 9.47 Å². The fourth-order valence-corrected chi connectivity index (χ4v) is 1.51. The zero-order valence-corrected chi connectivity index (χ0v) is 15.5. The van der Waals surface area contributed by atoms with E-state index in [1.165, 1.54) is 38.5 Å². The van der Waals surface area contributed by atoms with Gasteiger partial charge in [0.05, 0.1) is 14.2 Å². The molecule has 2 aromatic rings. The Morgan fingerprint density at radius 3 is 1.30 bits per heavy atom. The van der Waals surface area contributed by atoms with E-state index in [4.69, 9.17) is 10.2 Å². The Bertz CT molecular complexity index is 599. The Hall–Kier alpha value is -2.22. The molecule has 0 aliphatic rings. The number of hydrogen-bond acceptors (Lipinski definition) is 6. The molecule has 0 aliphatic heterocycles. The molecule has 0 atom stereocenters. The van der Waals surface area contributed by atoms with Crippen LogP contribution in [0.25, 0.3) is 0 Å². The summed E-state index contributed by atoms with van der Waals surface area (Å²) in [5, 5.41) is 18.2. The van der Waals surface area contributed by atoms with Crippen LogP contribution in [0.15, 0.2) is 48.5 Å². The molecular formula is C16H16O6Sn. The predicted octanol–water partition coefficient (Wildman–Crippen LogP) is 1.98. The maximum Gasteiger partial charge on any atom is 0.341 e. The molecule has 23 heavy (non-hydrogen) atoms. The van der Waals surface area contributed by atoms with Gasteiger partial charge in [0.2, 0.25) is 0 Å². The summed E-state index contributed by atoms with van der Waals surface area (Å²) in [6.45, 7) is 0. The van der Waals surface area contributed by atoms with Gasteiger partial charge in [-0.2, -0.15) is 0 Å². The normalized spacial score (nSPS) is 8.78. The van der Waals surface area contributed by atoms with Crippen molar-refractivity contribution in [2.24, 2.45) is 0 Å². The van der Waals surface area contributed by atoms with E-state index in [0.717, 1.165) is 0 Å². The van der Waals surface area contributed by atoms with Crippen LogP contribution in [0, 0.1) is 0 Å². The van der Waals surface area contributed by atoms with Gasteiger partial charge in [-0.05, 0) is 24.3 Å². The van der Waals surface area contributed by atoms with Gasteiger partial charge in [-0.1, -0.05) is 24.3 Å². The van der Waals surface area contributed by atoms with Crippen molar-refractivity contribution in [2.75, 3.05) is 14.2 Å². The van der Waals surface area contributed by atoms with Gasteiger partial charge in [0, 0.05) is 23.9 Å². The summed E-state index contributed by atoms with van der Waals surface area (Å²) in [6, 6.07) is 12.5. The number of benzene rings is 2. The monoisotopic (exact) mass is 424 g/mol. The van der Waals surface area contributed by atoms with E-state index in [9.17, 15) is 9.59 Å². The molecule has 7 heteroatoms. The van der Waals surface area contributed by atoms with Crippen LogP contribution in [-0.4, -0.2) is 60.3 Å². The van der Waals surface area contributed by atoms with Crippen LogP contribution >= 0.6 is 0 Å². The van der Waals surface area contributed by atoms with Crippen molar-refractivity contribution < 1.29 is 29.3 Å². The number of ether oxygens (including phenoxy) is 2. The average Bonchev–Trinajstić information content (AvgIpc) is 2.55. The summed E-state index contributed by atoms with van der Waals surface area (Å²) >= 11 is 0. The third-order valence-electron chi connectivity index (χ3n) is 2.62. The first-order valence-corrected chi connectivity index (χ1v) is 6.23. The summed E-state index contributed by atoms with van der Waals surface area (Å²) in [5.41, 5.74) is 0.380. The van der Waals surface area contributed by atoms with Crippen molar-refractivity contribution in [3.05, 3.63) is 59.7 Å². The molecule has 0 saturated carbocycles. The summed E-state index contributed by atoms with van der Waals surface area (Å²) < 4.78 is 8.84. The van der Waals surface area contributed by atoms with E-state index in [0.29, 0.717) is 0 Å². The Kier molecular flexibility index (Phi) is 9.48. The van der Waals surface area contributed by atoms with Gasteiger partial charge >= 0.3 is 11.9 Å². The average molecular weight is 423 g/mol. The molecule has 4 radical (unpaired) electrons. The Labute approximate surface area is 150 Å². The molecule has 0 amide bonds. The Morgan fingerprint density at radius 1 is 0.739 bits per heavy atom. The standard InChI is InChI=1S/2C8H8O3.Sn/c2*1-11-8(10)6-4-2-3-5-7(6)9;/h2*2-5,9H,1H3;. The molecule has 0 aliphatic carbocycles. The van der Waals surface area contributed by atoms with Gasteiger partial charge < -0.3 is 19.7 Å². The van der Waals surface area contributed by atoms with Crippen molar-refractivity contribution in [3.63, 3.8) is 0 Å². The summed E-state index contributed by atoms with van der Waals surface area (Å²) in [5.74, 6) is -1.16. The number of hydrogen-bond donors (Lipinski definition) is 2. The van der Waals surface area contributed by atoms with Crippen LogP contribution in [0.2, 0.25) is 0 Å². The number of methoxy groups -OCH3 is 2. The molecule has 0 saturated heterocycles. The van der Waals surface area contributed by atoms with E-state index in [-0.39, 0.29) is 46.5 Å². The molecule has 120 valence electrons. The molecule has 0 aromatic heterocycles. The van der Waals surface area contributed by atoms with Crippen molar-refractivity contribution in [2.45, 2.75) is 0 Å².